The first-order chi connectivity index (χ1) is 15.5. The Kier molecular flexibility index (Phi) is 6.25. The molecule has 0 aromatic heterocycles. The largest absolute Gasteiger partial charge is 0.497 e. The topological polar surface area (TPSA) is 96.2 Å². The summed E-state index contributed by atoms with van der Waals surface area (Å²) in [5.74, 6) is 0.364. The molecule has 2 aromatic carbocycles. The highest BCUT2D eigenvalue weighted by atomic mass is 16.6. The van der Waals surface area contributed by atoms with Crippen molar-refractivity contribution in [3.8, 4) is 5.75 Å². The molecule has 32 heavy (non-hydrogen) atoms. The normalized spacial score (nSPS) is 16.2. The van der Waals surface area contributed by atoms with Gasteiger partial charge in [-0.05, 0) is 43.2 Å². The van der Waals surface area contributed by atoms with Gasteiger partial charge in [0.05, 0.1) is 23.3 Å². The molecule has 2 aromatic rings. The third-order valence-electron chi connectivity index (χ3n) is 6.06. The number of non-ortho nitro benzene ring substituents is 1. The number of ether oxygens (including phenoxy) is 1. The Hall–Kier alpha value is -3.62. The van der Waals surface area contributed by atoms with E-state index in [2.05, 4.69) is 4.90 Å². The lowest BCUT2D eigenvalue weighted by molar-refractivity contribution is -0.384. The van der Waals surface area contributed by atoms with E-state index in [1.54, 1.807) is 47.2 Å². The second kappa shape index (κ2) is 9.25. The SMILES string of the molecule is COc1ccc(C(=O)N2CCN(C(=O)c3cc([N+](=O)[O-])ccc3N3CCCC3)CC2)cc1. The summed E-state index contributed by atoms with van der Waals surface area (Å²) in [7, 11) is 1.57. The average Bonchev–Trinajstić information content (AvgIpc) is 3.38. The Bertz CT molecular complexity index is 1010. The zero-order chi connectivity index (χ0) is 22.7. The van der Waals surface area contributed by atoms with Gasteiger partial charge in [0.15, 0.2) is 0 Å². The first-order valence-corrected chi connectivity index (χ1v) is 10.7. The van der Waals surface area contributed by atoms with Gasteiger partial charge < -0.3 is 19.4 Å². The van der Waals surface area contributed by atoms with Crippen LogP contribution in [-0.4, -0.2) is 72.9 Å². The molecule has 2 heterocycles. The van der Waals surface area contributed by atoms with E-state index < -0.39 is 4.92 Å². The summed E-state index contributed by atoms with van der Waals surface area (Å²) in [4.78, 5) is 42.4. The molecule has 2 aliphatic heterocycles. The van der Waals surface area contributed by atoms with Crippen LogP contribution >= 0.6 is 0 Å². The molecule has 0 spiro atoms. The number of rotatable bonds is 5. The molecule has 168 valence electrons. The van der Waals surface area contributed by atoms with E-state index in [0.29, 0.717) is 43.1 Å². The Morgan fingerprint density at radius 1 is 0.875 bits per heavy atom. The molecule has 2 saturated heterocycles. The van der Waals surface area contributed by atoms with Gasteiger partial charge in [0, 0.05) is 57.0 Å². The lowest BCUT2D eigenvalue weighted by atomic mass is 10.1. The zero-order valence-corrected chi connectivity index (χ0v) is 18.0. The van der Waals surface area contributed by atoms with Crippen LogP contribution in [-0.2, 0) is 0 Å². The Morgan fingerprint density at radius 3 is 2.03 bits per heavy atom. The molecule has 2 fully saturated rings. The minimum atomic E-state index is -0.476. The third kappa shape index (κ3) is 4.37. The average molecular weight is 438 g/mol. The van der Waals surface area contributed by atoms with Crippen LogP contribution in [0.5, 0.6) is 5.75 Å². The van der Waals surface area contributed by atoms with Gasteiger partial charge in [-0.3, -0.25) is 19.7 Å². The second-order valence-electron chi connectivity index (χ2n) is 7.97. The van der Waals surface area contributed by atoms with Gasteiger partial charge in [0.1, 0.15) is 5.75 Å². The van der Waals surface area contributed by atoms with E-state index >= 15 is 0 Å². The highest BCUT2D eigenvalue weighted by Crippen LogP contribution is 2.29. The quantitative estimate of drug-likeness (QED) is 0.526. The summed E-state index contributed by atoms with van der Waals surface area (Å²) >= 11 is 0. The van der Waals surface area contributed by atoms with Crippen molar-refractivity contribution < 1.29 is 19.2 Å². The van der Waals surface area contributed by atoms with Crippen molar-refractivity contribution in [2.45, 2.75) is 12.8 Å². The van der Waals surface area contributed by atoms with Gasteiger partial charge in [-0.1, -0.05) is 0 Å². The van der Waals surface area contributed by atoms with Crippen LogP contribution in [0.25, 0.3) is 0 Å². The van der Waals surface area contributed by atoms with E-state index in [4.69, 9.17) is 4.74 Å². The van der Waals surface area contributed by atoms with Crippen LogP contribution < -0.4 is 9.64 Å². The van der Waals surface area contributed by atoms with Crippen LogP contribution in [0, 0.1) is 10.1 Å². The lowest BCUT2D eigenvalue weighted by Gasteiger charge is -2.35. The molecule has 2 amide bonds. The molecule has 0 radical (unpaired) electrons. The molecular weight excluding hydrogens is 412 g/mol. The monoisotopic (exact) mass is 438 g/mol. The van der Waals surface area contributed by atoms with Crippen molar-refractivity contribution >= 4 is 23.2 Å². The molecule has 0 unspecified atom stereocenters. The zero-order valence-electron chi connectivity index (χ0n) is 18.0. The number of nitrogens with zero attached hydrogens (tertiary/aromatic N) is 4. The fraction of sp³-hybridized carbons (Fsp3) is 0.391. The molecule has 9 nitrogen and oxygen atoms in total. The van der Waals surface area contributed by atoms with Crippen molar-refractivity contribution in [2.24, 2.45) is 0 Å². The summed E-state index contributed by atoms with van der Waals surface area (Å²) in [5, 5.41) is 11.3. The number of nitro groups is 1. The summed E-state index contributed by atoms with van der Waals surface area (Å²) in [6.07, 6.45) is 2.08. The second-order valence-corrected chi connectivity index (χ2v) is 7.97. The van der Waals surface area contributed by atoms with Gasteiger partial charge in [0.25, 0.3) is 17.5 Å². The summed E-state index contributed by atoms with van der Waals surface area (Å²) in [5.41, 5.74) is 1.58. The Morgan fingerprint density at radius 2 is 1.47 bits per heavy atom. The van der Waals surface area contributed by atoms with Crippen LogP contribution in [0.4, 0.5) is 11.4 Å². The Labute approximate surface area is 186 Å². The van der Waals surface area contributed by atoms with Crippen LogP contribution in [0.2, 0.25) is 0 Å². The van der Waals surface area contributed by atoms with Crippen LogP contribution in [0.15, 0.2) is 42.5 Å². The molecule has 0 N–H and O–H groups in total. The maximum atomic E-state index is 13.3. The van der Waals surface area contributed by atoms with Gasteiger partial charge in [0.2, 0.25) is 0 Å². The number of hydrogen-bond acceptors (Lipinski definition) is 6. The third-order valence-corrected chi connectivity index (χ3v) is 6.06. The minimum Gasteiger partial charge on any atom is -0.497 e. The molecule has 0 aliphatic carbocycles. The fourth-order valence-electron chi connectivity index (χ4n) is 4.24. The molecule has 2 aliphatic rings. The lowest BCUT2D eigenvalue weighted by Crippen LogP contribution is -2.50. The number of carbonyl (C=O) groups excluding carboxylic acids is 2. The maximum absolute atomic E-state index is 13.3. The van der Waals surface area contributed by atoms with Crippen molar-refractivity contribution in [3.63, 3.8) is 0 Å². The number of hydrogen-bond donors (Lipinski definition) is 0. The van der Waals surface area contributed by atoms with E-state index in [0.717, 1.165) is 31.6 Å². The van der Waals surface area contributed by atoms with E-state index in [-0.39, 0.29) is 17.5 Å². The van der Waals surface area contributed by atoms with Gasteiger partial charge in [-0.15, -0.1) is 0 Å². The number of carbonyl (C=O) groups is 2. The molecule has 4 rings (SSSR count). The highest BCUT2D eigenvalue weighted by molar-refractivity contribution is 6.01. The van der Waals surface area contributed by atoms with Crippen molar-refractivity contribution in [3.05, 3.63) is 63.7 Å². The summed E-state index contributed by atoms with van der Waals surface area (Å²) < 4.78 is 5.13. The van der Waals surface area contributed by atoms with Gasteiger partial charge in [-0.25, -0.2) is 0 Å². The first-order valence-electron chi connectivity index (χ1n) is 10.7. The molecule has 0 bridgehead atoms. The van der Waals surface area contributed by atoms with Crippen LogP contribution in [0.3, 0.4) is 0 Å². The summed E-state index contributed by atoms with van der Waals surface area (Å²) in [6.45, 7) is 3.24. The number of piperazine rings is 1. The molecular formula is C23H26N4O5. The Balaban J connectivity index is 1.47. The van der Waals surface area contributed by atoms with Gasteiger partial charge >= 0.3 is 0 Å². The van der Waals surface area contributed by atoms with E-state index in [1.807, 2.05) is 0 Å². The molecule has 0 saturated carbocycles. The fourth-order valence-corrected chi connectivity index (χ4v) is 4.24. The number of benzene rings is 2. The maximum Gasteiger partial charge on any atom is 0.270 e. The number of nitro benzene ring substituents is 1. The number of methoxy groups -OCH3 is 1. The van der Waals surface area contributed by atoms with Crippen LogP contribution in [0.1, 0.15) is 33.6 Å². The van der Waals surface area contributed by atoms with Crippen molar-refractivity contribution in [2.75, 3.05) is 51.3 Å². The standard InChI is InChI=1S/C23H26N4O5/c1-32-19-7-4-17(5-8-19)22(28)25-12-14-26(15-13-25)23(29)20-16-18(27(30)31)6-9-21(20)24-10-2-3-11-24/h4-9,16H,2-3,10-15H2,1H3. The molecule has 9 heteroatoms. The predicted octanol–water partition coefficient (Wildman–Crippen LogP) is 2.80. The highest BCUT2D eigenvalue weighted by Gasteiger charge is 2.29. The van der Waals surface area contributed by atoms with Gasteiger partial charge in [-0.2, -0.15) is 0 Å². The number of amides is 2. The van der Waals surface area contributed by atoms with E-state index in [1.165, 1.54) is 12.1 Å². The number of anilines is 1. The van der Waals surface area contributed by atoms with Crippen molar-refractivity contribution in [1.82, 2.24) is 9.80 Å². The van der Waals surface area contributed by atoms with Crippen molar-refractivity contribution in [1.29, 1.82) is 0 Å². The minimum absolute atomic E-state index is 0.0899. The summed E-state index contributed by atoms with van der Waals surface area (Å²) in [6, 6.07) is 11.5. The first kappa shape index (κ1) is 21.6. The predicted molar refractivity (Wildman–Crippen MR) is 119 cm³/mol. The molecule has 0 atom stereocenters. The van der Waals surface area contributed by atoms with E-state index in [9.17, 15) is 19.7 Å². The smallest absolute Gasteiger partial charge is 0.270 e.